The van der Waals surface area contributed by atoms with E-state index < -0.39 is 0 Å². The van der Waals surface area contributed by atoms with E-state index in [0.717, 1.165) is 17.9 Å². The molecule has 0 amide bonds. The Labute approximate surface area is 95.3 Å². The average Bonchev–Trinajstić information content (AvgIpc) is 2.58. The quantitative estimate of drug-likeness (QED) is 0.762. The van der Waals surface area contributed by atoms with Crippen LogP contribution < -0.4 is 0 Å². The van der Waals surface area contributed by atoms with Gasteiger partial charge in [0.05, 0.1) is 5.75 Å². The van der Waals surface area contributed by atoms with E-state index in [0.29, 0.717) is 5.78 Å². The predicted octanol–water partition coefficient (Wildman–Crippen LogP) is 2.78. The predicted molar refractivity (Wildman–Crippen MR) is 65.4 cm³/mol. The third-order valence-electron chi connectivity index (χ3n) is 3.11. The van der Waals surface area contributed by atoms with Gasteiger partial charge in [-0.1, -0.05) is 18.2 Å². The Balaban J connectivity index is 2.20. The Hall–Kier alpha value is -0.760. The summed E-state index contributed by atoms with van der Waals surface area (Å²) < 4.78 is 0. The summed E-state index contributed by atoms with van der Waals surface area (Å²) in [6, 6.07) is 6.35. The minimum atomic E-state index is 0.259. The van der Waals surface area contributed by atoms with E-state index in [1.54, 1.807) is 11.8 Å². The molecule has 1 heterocycles. The van der Waals surface area contributed by atoms with E-state index in [4.69, 9.17) is 0 Å². The van der Waals surface area contributed by atoms with Gasteiger partial charge in [-0.2, -0.15) is 11.8 Å². The molecule has 1 unspecified atom stereocenters. The summed E-state index contributed by atoms with van der Waals surface area (Å²) in [5.41, 5.74) is 4.01. The van der Waals surface area contributed by atoms with Crippen LogP contribution in [0.3, 0.4) is 0 Å². The third-order valence-corrected chi connectivity index (χ3v) is 4.24. The zero-order chi connectivity index (χ0) is 10.8. The van der Waals surface area contributed by atoms with Gasteiger partial charge in [-0.25, -0.2) is 0 Å². The zero-order valence-corrected chi connectivity index (χ0v) is 10.1. The van der Waals surface area contributed by atoms with Gasteiger partial charge in [-0.05, 0) is 37.0 Å². The molecule has 2 rings (SSSR count). The molecule has 2 heteroatoms. The second kappa shape index (κ2) is 4.40. The van der Waals surface area contributed by atoms with Gasteiger partial charge in [0, 0.05) is 11.7 Å². The highest BCUT2D eigenvalue weighted by Gasteiger charge is 2.25. The highest BCUT2D eigenvalue weighted by molar-refractivity contribution is 8.00. The maximum Gasteiger partial charge on any atom is 0.146 e. The Bertz CT molecular complexity index is 364. The van der Waals surface area contributed by atoms with Crippen LogP contribution in [0.25, 0.3) is 0 Å². The first kappa shape index (κ1) is 10.7. The maximum atomic E-state index is 11.6. The number of rotatable bonds is 2. The first-order chi connectivity index (χ1) is 7.18. The second-order valence-corrected chi connectivity index (χ2v) is 5.28. The summed E-state index contributed by atoms with van der Waals surface area (Å²) in [7, 11) is 0. The SMILES string of the molecule is Cc1cccc(C)c1CC1CSCC1=O. The minimum Gasteiger partial charge on any atom is -0.298 e. The van der Waals surface area contributed by atoms with E-state index in [-0.39, 0.29) is 5.92 Å². The topological polar surface area (TPSA) is 17.1 Å². The van der Waals surface area contributed by atoms with E-state index in [2.05, 4.69) is 32.0 Å². The average molecular weight is 220 g/mol. The van der Waals surface area contributed by atoms with E-state index in [1.807, 2.05) is 0 Å². The largest absolute Gasteiger partial charge is 0.298 e. The highest BCUT2D eigenvalue weighted by Crippen LogP contribution is 2.26. The summed E-state index contributed by atoms with van der Waals surface area (Å²) in [5, 5.41) is 0. The molecule has 1 aliphatic heterocycles. The molecule has 0 N–H and O–H groups in total. The summed E-state index contributed by atoms with van der Waals surface area (Å²) in [5.74, 6) is 2.42. The van der Waals surface area contributed by atoms with Crippen molar-refractivity contribution in [1.82, 2.24) is 0 Å². The van der Waals surface area contributed by atoms with Crippen molar-refractivity contribution < 1.29 is 4.79 Å². The number of Topliss-reactive ketones (excluding diaryl/α,β-unsaturated/α-hetero) is 1. The van der Waals surface area contributed by atoms with Gasteiger partial charge in [0.1, 0.15) is 5.78 Å². The number of hydrogen-bond donors (Lipinski definition) is 0. The van der Waals surface area contributed by atoms with Gasteiger partial charge in [-0.15, -0.1) is 0 Å². The normalized spacial score (nSPS) is 20.9. The molecule has 0 bridgehead atoms. The van der Waals surface area contributed by atoms with Crippen molar-refractivity contribution >= 4 is 17.5 Å². The van der Waals surface area contributed by atoms with Crippen molar-refractivity contribution in [2.24, 2.45) is 5.92 Å². The molecular formula is C13H16OS. The molecule has 0 spiro atoms. The third kappa shape index (κ3) is 2.25. The fourth-order valence-corrected chi connectivity index (χ4v) is 3.25. The van der Waals surface area contributed by atoms with Crippen molar-refractivity contribution in [2.75, 3.05) is 11.5 Å². The van der Waals surface area contributed by atoms with Crippen LogP contribution in [0.2, 0.25) is 0 Å². The van der Waals surface area contributed by atoms with E-state index in [9.17, 15) is 4.79 Å². The second-order valence-electron chi connectivity index (χ2n) is 4.25. The van der Waals surface area contributed by atoms with Crippen LogP contribution in [0, 0.1) is 19.8 Å². The lowest BCUT2D eigenvalue weighted by Gasteiger charge is -2.12. The molecule has 0 saturated carbocycles. The van der Waals surface area contributed by atoms with E-state index in [1.165, 1.54) is 16.7 Å². The first-order valence-corrected chi connectivity index (χ1v) is 6.49. The van der Waals surface area contributed by atoms with Gasteiger partial charge < -0.3 is 0 Å². The van der Waals surface area contributed by atoms with Crippen molar-refractivity contribution in [2.45, 2.75) is 20.3 Å². The molecule has 1 aromatic rings. The van der Waals surface area contributed by atoms with Crippen molar-refractivity contribution in [3.05, 3.63) is 34.9 Å². The molecular weight excluding hydrogens is 204 g/mol. The Morgan fingerprint density at radius 1 is 1.33 bits per heavy atom. The van der Waals surface area contributed by atoms with Gasteiger partial charge in [0.2, 0.25) is 0 Å². The summed E-state index contributed by atoms with van der Waals surface area (Å²) >= 11 is 1.77. The zero-order valence-electron chi connectivity index (χ0n) is 9.25. The molecule has 80 valence electrons. The van der Waals surface area contributed by atoms with Gasteiger partial charge in [0.25, 0.3) is 0 Å². The molecule has 1 aliphatic rings. The lowest BCUT2D eigenvalue weighted by atomic mass is 9.92. The molecule has 0 radical (unpaired) electrons. The Morgan fingerprint density at radius 2 is 2.00 bits per heavy atom. The van der Waals surface area contributed by atoms with Crippen molar-refractivity contribution in [3.8, 4) is 0 Å². The first-order valence-electron chi connectivity index (χ1n) is 5.34. The van der Waals surface area contributed by atoms with Gasteiger partial charge in [-0.3, -0.25) is 4.79 Å². The van der Waals surface area contributed by atoms with Crippen LogP contribution in [0.1, 0.15) is 16.7 Å². The number of carbonyl (C=O) groups is 1. The van der Waals surface area contributed by atoms with Gasteiger partial charge >= 0.3 is 0 Å². The summed E-state index contributed by atoms with van der Waals surface area (Å²) in [4.78, 5) is 11.6. The Morgan fingerprint density at radius 3 is 2.53 bits per heavy atom. The lowest BCUT2D eigenvalue weighted by molar-refractivity contribution is -0.119. The molecule has 0 aromatic heterocycles. The monoisotopic (exact) mass is 220 g/mol. The van der Waals surface area contributed by atoms with Crippen LogP contribution in [-0.2, 0) is 11.2 Å². The smallest absolute Gasteiger partial charge is 0.146 e. The highest BCUT2D eigenvalue weighted by atomic mass is 32.2. The van der Waals surface area contributed by atoms with Gasteiger partial charge in [0.15, 0.2) is 0 Å². The lowest BCUT2D eigenvalue weighted by Crippen LogP contribution is -2.15. The number of thioether (sulfide) groups is 1. The van der Waals surface area contributed by atoms with Crippen molar-refractivity contribution in [1.29, 1.82) is 0 Å². The minimum absolute atomic E-state index is 0.259. The summed E-state index contributed by atoms with van der Waals surface area (Å²) in [6.07, 6.45) is 0.935. The Kier molecular flexibility index (Phi) is 3.15. The van der Waals surface area contributed by atoms with Crippen LogP contribution in [0.15, 0.2) is 18.2 Å². The van der Waals surface area contributed by atoms with E-state index >= 15 is 0 Å². The molecule has 1 saturated heterocycles. The van der Waals surface area contributed by atoms with Crippen LogP contribution >= 0.6 is 11.8 Å². The molecule has 1 aromatic carbocycles. The number of hydrogen-bond acceptors (Lipinski definition) is 2. The number of benzene rings is 1. The molecule has 15 heavy (non-hydrogen) atoms. The van der Waals surface area contributed by atoms with Crippen LogP contribution in [0.5, 0.6) is 0 Å². The molecule has 0 aliphatic carbocycles. The molecule has 1 nitrogen and oxygen atoms in total. The fraction of sp³-hybridized carbons (Fsp3) is 0.462. The number of ketones is 1. The fourth-order valence-electron chi connectivity index (χ4n) is 2.10. The van der Waals surface area contributed by atoms with Crippen LogP contribution in [-0.4, -0.2) is 17.3 Å². The van der Waals surface area contributed by atoms with Crippen LogP contribution in [0.4, 0.5) is 0 Å². The summed E-state index contributed by atoms with van der Waals surface area (Å²) in [6.45, 7) is 4.27. The number of aryl methyl sites for hydroxylation is 2. The van der Waals surface area contributed by atoms with Crippen molar-refractivity contribution in [3.63, 3.8) is 0 Å². The molecule has 1 atom stereocenters. The molecule has 1 fully saturated rings. The maximum absolute atomic E-state index is 11.6. The standard InChI is InChI=1S/C13H16OS/c1-9-4-3-5-10(2)12(9)6-11-7-15-8-13(11)14/h3-5,11H,6-8H2,1-2H3. The number of carbonyl (C=O) groups excluding carboxylic acids is 1.